The number of rotatable bonds is 4. The summed E-state index contributed by atoms with van der Waals surface area (Å²) in [6.07, 6.45) is 4.26. The average Bonchev–Trinajstić information content (AvgIpc) is 3.12. The molecular weight excluding hydrogens is 421 g/mol. The number of aromatic hydroxyl groups is 1. The molecule has 0 spiro atoms. The maximum atomic E-state index is 16.0. The predicted octanol–water partition coefficient (Wildman–Crippen LogP) is 4.14. The summed E-state index contributed by atoms with van der Waals surface area (Å²) < 4.78 is 21.4. The summed E-state index contributed by atoms with van der Waals surface area (Å²) in [5, 5.41) is 15.7. The SMILES string of the molecule is C=Cc1cccc2cc(O)cc(-c3ncc4c(N5CCCNCC5)nc(OC)nc4c3F)c12. The zero-order chi connectivity index (χ0) is 22.9. The van der Waals surface area contributed by atoms with Gasteiger partial charge in [-0.15, -0.1) is 0 Å². The third-order valence-electron chi connectivity index (χ3n) is 5.93. The van der Waals surface area contributed by atoms with Gasteiger partial charge < -0.3 is 20.1 Å². The Hall–Kier alpha value is -3.78. The number of hydrogen-bond acceptors (Lipinski definition) is 7. The van der Waals surface area contributed by atoms with Crippen molar-refractivity contribution in [1.82, 2.24) is 20.3 Å². The number of phenolic OH excluding ortho intramolecular Hbond substituents is 1. The molecule has 2 N–H and O–H groups in total. The number of aromatic nitrogens is 3. The minimum Gasteiger partial charge on any atom is -0.508 e. The quantitative estimate of drug-likeness (QED) is 0.488. The number of nitrogens with zero attached hydrogens (tertiary/aromatic N) is 4. The molecule has 0 radical (unpaired) electrons. The molecular formula is C25H24FN5O2. The fraction of sp³-hybridized carbons (Fsp3) is 0.240. The highest BCUT2D eigenvalue weighted by molar-refractivity contribution is 6.03. The lowest BCUT2D eigenvalue weighted by molar-refractivity contribution is 0.381. The Labute approximate surface area is 190 Å². The van der Waals surface area contributed by atoms with E-state index in [9.17, 15) is 5.11 Å². The predicted molar refractivity (Wildman–Crippen MR) is 128 cm³/mol. The Bertz CT molecular complexity index is 1370. The van der Waals surface area contributed by atoms with Crippen LogP contribution in [0.5, 0.6) is 11.8 Å². The van der Waals surface area contributed by atoms with Crippen LogP contribution in [0.15, 0.2) is 43.1 Å². The van der Waals surface area contributed by atoms with Crippen LogP contribution in [0.25, 0.3) is 39.0 Å². The van der Waals surface area contributed by atoms with Gasteiger partial charge in [-0.2, -0.15) is 9.97 Å². The van der Waals surface area contributed by atoms with Crippen molar-refractivity contribution >= 4 is 33.6 Å². The first kappa shape index (κ1) is 21.1. The molecule has 0 saturated carbocycles. The van der Waals surface area contributed by atoms with Gasteiger partial charge in [0.05, 0.1) is 12.5 Å². The number of anilines is 1. The Kier molecular flexibility index (Phi) is 5.51. The fourth-order valence-corrected chi connectivity index (χ4v) is 4.40. The van der Waals surface area contributed by atoms with Crippen LogP contribution in [0.2, 0.25) is 0 Å². The van der Waals surface area contributed by atoms with E-state index in [0.29, 0.717) is 16.8 Å². The average molecular weight is 445 g/mol. The number of fused-ring (bicyclic) bond motifs is 2. The van der Waals surface area contributed by atoms with Gasteiger partial charge in [0.15, 0.2) is 5.82 Å². The first-order chi connectivity index (χ1) is 16.1. The highest BCUT2D eigenvalue weighted by Crippen LogP contribution is 2.38. The molecule has 168 valence electrons. The number of pyridine rings is 1. The van der Waals surface area contributed by atoms with Crippen molar-refractivity contribution in [1.29, 1.82) is 0 Å². The molecule has 33 heavy (non-hydrogen) atoms. The van der Waals surface area contributed by atoms with Crippen molar-refractivity contribution in [2.45, 2.75) is 6.42 Å². The van der Waals surface area contributed by atoms with E-state index >= 15 is 4.39 Å². The van der Waals surface area contributed by atoms with Crippen molar-refractivity contribution < 1.29 is 14.2 Å². The Morgan fingerprint density at radius 3 is 2.91 bits per heavy atom. The maximum absolute atomic E-state index is 16.0. The molecule has 1 aliphatic rings. The van der Waals surface area contributed by atoms with Crippen molar-refractivity contribution in [3.63, 3.8) is 0 Å². The number of halogens is 1. The highest BCUT2D eigenvalue weighted by Gasteiger charge is 2.23. The molecule has 2 aromatic carbocycles. The van der Waals surface area contributed by atoms with E-state index in [1.165, 1.54) is 13.2 Å². The zero-order valence-corrected chi connectivity index (χ0v) is 18.3. The van der Waals surface area contributed by atoms with Gasteiger partial charge in [0.2, 0.25) is 0 Å². The van der Waals surface area contributed by atoms with Gasteiger partial charge in [-0.25, -0.2) is 4.39 Å². The molecule has 8 heteroatoms. The minimum absolute atomic E-state index is 0.0260. The lowest BCUT2D eigenvalue weighted by Crippen LogP contribution is -2.29. The molecule has 4 aromatic rings. The second-order valence-corrected chi connectivity index (χ2v) is 7.95. The Morgan fingerprint density at radius 2 is 2.09 bits per heavy atom. The van der Waals surface area contributed by atoms with Crippen molar-refractivity contribution in [3.05, 3.63) is 54.5 Å². The molecule has 2 aromatic heterocycles. The Morgan fingerprint density at radius 1 is 1.21 bits per heavy atom. The summed E-state index contributed by atoms with van der Waals surface area (Å²) in [6.45, 7) is 7.13. The van der Waals surface area contributed by atoms with Gasteiger partial charge in [0.25, 0.3) is 0 Å². The number of ether oxygens (including phenoxy) is 1. The zero-order valence-electron chi connectivity index (χ0n) is 18.3. The smallest absolute Gasteiger partial charge is 0.318 e. The second-order valence-electron chi connectivity index (χ2n) is 7.95. The van der Waals surface area contributed by atoms with Crippen LogP contribution < -0.4 is 15.0 Å². The van der Waals surface area contributed by atoms with Crippen LogP contribution in [-0.4, -0.2) is 53.3 Å². The first-order valence-corrected chi connectivity index (χ1v) is 10.8. The van der Waals surface area contributed by atoms with Crippen LogP contribution in [-0.2, 0) is 0 Å². The number of methoxy groups -OCH3 is 1. The van der Waals surface area contributed by atoms with E-state index in [2.05, 4.69) is 31.7 Å². The minimum atomic E-state index is -0.590. The van der Waals surface area contributed by atoms with E-state index in [1.807, 2.05) is 18.2 Å². The van der Waals surface area contributed by atoms with E-state index < -0.39 is 5.82 Å². The number of hydrogen-bond donors (Lipinski definition) is 2. The van der Waals surface area contributed by atoms with Crippen molar-refractivity contribution in [2.24, 2.45) is 0 Å². The molecule has 0 amide bonds. The molecule has 5 rings (SSSR count). The fourth-order valence-electron chi connectivity index (χ4n) is 4.40. The lowest BCUT2D eigenvalue weighted by Gasteiger charge is -2.23. The molecule has 3 heterocycles. The molecule has 7 nitrogen and oxygen atoms in total. The largest absolute Gasteiger partial charge is 0.508 e. The topological polar surface area (TPSA) is 83.4 Å². The van der Waals surface area contributed by atoms with Crippen molar-refractivity contribution in [3.8, 4) is 23.0 Å². The summed E-state index contributed by atoms with van der Waals surface area (Å²) >= 11 is 0. The second kappa shape index (κ2) is 8.63. The van der Waals surface area contributed by atoms with Crippen LogP contribution in [0.1, 0.15) is 12.0 Å². The monoisotopic (exact) mass is 445 g/mol. The van der Waals surface area contributed by atoms with E-state index in [0.717, 1.165) is 48.9 Å². The molecule has 1 aliphatic heterocycles. The summed E-state index contributed by atoms with van der Waals surface area (Å²) in [7, 11) is 1.47. The molecule has 0 aliphatic carbocycles. The number of phenols is 1. The first-order valence-electron chi connectivity index (χ1n) is 10.8. The summed E-state index contributed by atoms with van der Waals surface area (Å²) in [5.41, 5.74) is 1.52. The van der Waals surface area contributed by atoms with Crippen LogP contribution in [0.4, 0.5) is 10.2 Å². The van der Waals surface area contributed by atoms with E-state index in [4.69, 9.17) is 4.74 Å². The molecule has 0 bridgehead atoms. The van der Waals surface area contributed by atoms with Crippen LogP contribution in [0, 0.1) is 5.82 Å². The third kappa shape index (κ3) is 3.72. The van der Waals surface area contributed by atoms with Crippen LogP contribution >= 0.6 is 0 Å². The number of nitrogens with one attached hydrogen (secondary N) is 1. The van der Waals surface area contributed by atoms with Crippen LogP contribution in [0.3, 0.4) is 0 Å². The molecule has 0 atom stereocenters. The molecule has 1 fully saturated rings. The third-order valence-corrected chi connectivity index (χ3v) is 5.93. The van der Waals surface area contributed by atoms with Crippen molar-refractivity contribution in [2.75, 3.05) is 38.2 Å². The summed E-state index contributed by atoms with van der Waals surface area (Å²) in [6, 6.07) is 8.88. The standard InChI is InChI=1S/C25H24FN5O2/c1-3-15-6-4-7-16-12-17(32)13-18(20(15)16)22-21(26)23-19(14-28-22)24(30-25(29-23)33-2)31-10-5-8-27-9-11-31/h3-4,6-7,12-14,27,32H,1,5,8-11H2,2H3. The van der Waals surface area contributed by atoms with Gasteiger partial charge in [-0.05, 0) is 41.4 Å². The van der Waals surface area contributed by atoms with E-state index in [1.54, 1.807) is 18.3 Å². The molecule has 0 unspecified atom stereocenters. The van der Waals surface area contributed by atoms with E-state index in [-0.39, 0.29) is 23.0 Å². The normalized spacial score (nSPS) is 14.4. The Balaban J connectivity index is 1.77. The van der Waals surface area contributed by atoms with Gasteiger partial charge in [0, 0.05) is 31.4 Å². The molecule has 1 saturated heterocycles. The van der Waals surface area contributed by atoms with Gasteiger partial charge in [0.1, 0.15) is 22.8 Å². The highest BCUT2D eigenvalue weighted by atomic mass is 19.1. The maximum Gasteiger partial charge on any atom is 0.318 e. The number of benzene rings is 2. The lowest BCUT2D eigenvalue weighted by atomic mass is 9.96. The summed E-state index contributed by atoms with van der Waals surface area (Å²) in [5.74, 6) is 0.0391. The van der Waals surface area contributed by atoms with Gasteiger partial charge in [-0.3, -0.25) is 4.98 Å². The van der Waals surface area contributed by atoms with Gasteiger partial charge in [-0.1, -0.05) is 30.9 Å². The van der Waals surface area contributed by atoms with Gasteiger partial charge >= 0.3 is 6.01 Å². The summed E-state index contributed by atoms with van der Waals surface area (Å²) in [4.78, 5) is 15.5.